The summed E-state index contributed by atoms with van der Waals surface area (Å²) < 4.78 is 17.5. The van der Waals surface area contributed by atoms with Crippen LogP contribution in [0, 0.1) is 5.95 Å². The molecule has 1 heterocycles. The van der Waals surface area contributed by atoms with Gasteiger partial charge < -0.3 is 4.74 Å². The molecule has 0 N–H and O–H groups in total. The van der Waals surface area contributed by atoms with Crippen LogP contribution in [-0.2, 0) is 9.53 Å². The molecule has 0 unspecified atom stereocenters. The molecule has 0 radical (unpaired) electrons. The van der Waals surface area contributed by atoms with Gasteiger partial charge in [0, 0.05) is 0 Å². The number of halogens is 2. The largest absolute Gasteiger partial charge is 0.460 e. The maximum absolute atomic E-state index is 13.1. The monoisotopic (exact) mass is 231 g/mol. The quantitative estimate of drug-likeness (QED) is 0.343. The van der Waals surface area contributed by atoms with E-state index in [2.05, 4.69) is 9.72 Å². The Kier molecular flexibility index (Phi) is 3.74. The number of rotatable bonds is 3. The van der Waals surface area contributed by atoms with Gasteiger partial charge in [0.15, 0.2) is 0 Å². The standard InChI is InChI=1S/C9H7ClFNO3/c1-2-15-9(14)7(13)5-3-4-6(10)12-8(5)11/h3-4H,2H2,1H3. The molecule has 0 atom stereocenters. The molecule has 1 aromatic heterocycles. The van der Waals surface area contributed by atoms with Crippen LogP contribution in [0.3, 0.4) is 0 Å². The third-order valence-corrected chi connectivity index (χ3v) is 1.73. The number of nitrogens with zero attached hydrogens (tertiary/aromatic N) is 1. The lowest BCUT2D eigenvalue weighted by Gasteiger charge is -2.01. The van der Waals surface area contributed by atoms with Crippen molar-refractivity contribution in [2.24, 2.45) is 0 Å². The van der Waals surface area contributed by atoms with Crippen molar-refractivity contribution in [2.45, 2.75) is 6.92 Å². The minimum absolute atomic E-state index is 0.0488. The second-order valence-electron chi connectivity index (χ2n) is 2.52. The first-order chi connectivity index (χ1) is 7.06. The van der Waals surface area contributed by atoms with E-state index < -0.39 is 23.3 Å². The first-order valence-corrected chi connectivity index (χ1v) is 4.47. The van der Waals surface area contributed by atoms with Crippen LogP contribution in [0.4, 0.5) is 4.39 Å². The molecule has 15 heavy (non-hydrogen) atoms. The molecule has 1 rings (SSSR count). The molecular formula is C9H7ClFNO3. The number of pyridine rings is 1. The molecule has 0 spiro atoms. The average Bonchev–Trinajstić information content (AvgIpc) is 2.17. The van der Waals surface area contributed by atoms with Gasteiger partial charge in [-0.25, -0.2) is 9.78 Å². The number of aromatic nitrogens is 1. The van der Waals surface area contributed by atoms with Gasteiger partial charge in [-0.15, -0.1) is 0 Å². The van der Waals surface area contributed by atoms with Crippen molar-refractivity contribution in [3.8, 4) is 0 Å². The fourth-order valence-corrected chi connectivity index (χ4v) is 1.03. The molecule has 0 amide bonds. The minimum Gasteiger partial charge on any atom is -0.460 e. The van der Waals surface area contributed by atoms with Gasteiger partial charge in [0.2, 0.25) is 5.95 Å². The van der Waals surface area contributed by atoms with Gasteiger partial charge in [0.1, 0.15) is 5.15 Å². The topological polar surface area (TPSA) is 56.3 Å². The number of Topliss-reactive ketones (excluding diaryl/α,β-unsaturated/α-hetero) is 1. The molecule has 4 nitrogen and oxygen atoms in total. The van der Waals surface area contributed by atoms with Gasteiger partial charge in [-0.1, -0.05) is 11.6 Å². The Labute approximate surface area is 90.0 Å². The predicted molar refractivity (Wildman–Crippen MR) is 50.2 cm³/mol. The lowest BCUT2D eigenvalue weighted by atomic mass is 10.2. The zero-order valence-electron chi connectivity index (χ0n) is 7.79. The number of hydrogen-bond acceptors (Lipinski definition) is 4. The smallest absolute Gasteiger partial charge is 0.379 e. The molecule has 0 aromatic carbocycles. The number of carbonyl (C=O) groups is 2. The number of carbonyl (C=O) groups excluding carboxylic acids is 2. The number of ether oxygens (including phenoxy) is 1. The second-order valence-corrected chi connectivity index (χ2v) is 2.91. The summed E-state index contributed by atoms with van der Waals surface area (Å²) in [4.78, 5) is 25.5. The SMILES string of the molecule is CCOC(=O)C(=O)c1ccc(Cl)nc1F. The van der Waals surface area contributed by atoms with E-state index in [4.69, 9.17) is 11.6 Å². The highest BCUT2D eigenvalue weighted by atomic mass is 35.5. The molecule has 80 valence electrons. The van der Waals surface area contributed by atoms with Crippen LogP contribution < -0.4 is 0 Å². The van der Waals surface area contributed by atoms with Gasteiger partial charge in [-0.05, 0) is 19.1 Å². The molecule has 1 aromatic rings. The lowest BCUT2D eigenvalue weighted by Crippen LogP contribution is -2.19. The van der Waals surface area contributed by atoms with E-state index in [0.29, 0.717) is 0 Å². The third-order valence-electron chi connectivity index (χ3n) is 1.52. The number of ketones is 1. The van der Waals surface area contributed by atoms with Crippen LogP contribution in [0.1, 0.15) is 17.3 Å². The van der Waals surface area contributed by atoms with Crippen LogP contribution in [0.2, 0.25) is 5.15 Å². The van der Waals surface area contributed by atoms with Crippen molar-refractivity contribution in [1.29, 1.82) is 0 Å². The van der Waals surface area contributed by atoms with Crippen LogP contribution in [0.5, 0.6) is 0 Å². The molecule has 0 saturated heterocycles. The van der Waals surface area contributed by atoms with E-state index in [-0.39, 0.29) is 11.8 Å². The normalized spacial score (nSPS) is 9.80. The van der Waals surface area contributed by atoms with E-state index in [9.17, 15) is 14.0 Å². The van der Waals surface area contributed by atoms with Gasteiger partial charge in [-0.2, -0.15) is 4.39 Å². The highest BCUT2D eigenvalue weighted by Gasteiger charge is 2.21. The molecular weight excluding hydrogens is 225 g/mol. The first kappa shape index (κ1) is 11.6. The van der Waals surface area contributed by atoms with Crippen molar-refractivity contribution >= 4 is 23.4 Å². The Morgan fingerprint density at radius 1 is 1.53 bits per heavy atom. The molecule has 0 bridgehead atoms. The van der Waals surface area contributed by atoms with E-state index in [0.717, 1.165) is 6.07 Å². The van der Waals surface area contributed by atoms with E-state index in [1.54, 1.807) is 6.92 Å². The molecule has 0 fully saturated rings. The van der Waals surface area contributed by atoms with Crippen molar-refractivity contribution in [2.75, 3.05) is 6.61 Å². The summed E-state index contributed by atoms with van der Waals surface area (Å²) >= 11 is 5.38. The zero-order chi connectivity index (χ0) is 11.4. The maximum atomic E-state index is 13.1. The van der Waals surface area contributed by atoms with Crippen molar-refractivity contribution in [1.82, 2.24) is 4.98 Å². The summed E-state index contributed by atoms with van der Waals surface area (Å²) in [6.07, 6.45) is 0. The van der Waals surface area contributed by atoms with Crippen molar-refractivity contribution in [3.63, 3.8) is 0 Å². The summed E-state index contributed by atoms with van der Waals surface area (Å²) in [6, 6.07) is 2.31. The van der Waals surface area contributed by atoms with E-state index in [1.807, 2.05) is 0 Å². The Morgan fingerprint density at radius 2 is 2.20 bits per heavy atom. The van der Waals surface area contributed by atoms with Gasteiger partial charge in [0.05, 0.1) is 12.2 Å². The summed E-state index contributed by atoms with van der Waals surface area (Å²) in [5.41, 5.74) is -0.446. The van der Waals surface area contributed by atoms with Crippen LogP contribution in [0.25, 0.3) is 0 Å². The molecule has 0 saturated carbocycles. The van der Waals surface area contributed by atoms with Gasteiger partial charge >= 0.3 is 5.97 Å². The van der Waals surface area contributed by atoms with E-state index >= 15 is 0 Å². The van der Waals surface area contributed by atoms with Crippen LogP contribution >= 0.6 is 11.6 Å². The molecule has 6 heteroatoms. The Morgan fingerprint density at radius 3 is 2.73 bits per heavy atom. The zero-order valence-corrected chi connectivity index (χ0v) is 8.55. The fourth-order valence-electron chi connectivity index (χ4n) is 0.888. The first-order valence-electron chi connectivity index (χ1n) is 4.09. The van der Waals surface area contributed by atoms with Crippen LogP contribution in [-0.4, -0.2) is 23.3 Å². The maximum Gasteiger partial charge on any atom is 0.379 e. The Balaban J connectivity index is 2.96. The fraction of sp³-hybridized carbons (Fsp3) is 0.222. The summed E-state index contributed by atoms with van der Waals surface area (Å²) in [5, 5.41) is -0.0899. The van der Waals surface area contributed by atoms with Crippen molar-refractivity contribution < 1.29 is 18.7 Å². The highest BCUT2D eigenvalue weighted by molar-refractivity contribution is 6.40. The Hall–Kier alpha value is -1.49. The predicted octanol–water partition coefficient (Wildman–Crippen LogP) is 1.62. The Bertz CT molecular complexity index is 408. The molecule has 0 aliphatic carbocycles. The minimum atomic E-state index is -1.11. The molecule has 0 aliphatic rings. The third kappa shape index (κ3) is 2.73. The summed E-state index contributed by atoms with van der Waals surface area (Å²) in [6.45, 7) is 1.59. The van der Waals surface area contributed by atoms with E-state index in [1.165, 1.54) is 6.07 Å². The van der Waals surface area contributed by atoms with Crippen LogP contribution in [0.15, 0.2) is 12.1 Å². The van der Waals surface area contributed by atoms with Crippen molar-refractivity contribution in [3.05, 3.63) is 28.8 Å². The van der Waals surface area contributed by atoms with Gasteiger partial charge in [0.25, 0.3) is 5.78 Å². The number of esters is 1. The summed E-state index contributed by atoms with van der Waals surface area (Å²) in [7, 11) is 0. The highest BCUT2D eigenvalue weighted by Crippen LogP contribution is 2.11. The second kappa shape index (κ2) is 4.84. The summed E-state index contributed by atoms with van der Waals surface area (Å²) in [5.74, 6) is -3.26. The van der Waals surface area contributed by atoms with Gasteiger partial charge in [-0.3, -0.25) is 4.79 Å². The lowest BCUT2D eigenvalue weighted by molar-refractivity contribution is -0.137. The average molecular weight is 232 g/mol. The molecule has 0 aliphatic heterocycles. The number of hydrogen-bond donors (Lipinski definition) is 0.